The molecule has 144 valence electrons. The number of aromatic amines is 1. The summed E-state index contributed by atoms with van der Waals surface area (Å²) >= 11 is 0. The smallest absolute Gasteiger partial charge is 0.153 e. The van der Waals surface area contributed by atoms with Gasteiger partial charge in [0.1, 0.15) is 5.65 Å². The molecule has 4 rings (SSSR count). The van der Waals surface area contributed by atoms with Gasteiger partial charge in [0.05, 0.1) is 16.9 Å². The number of carbonyl (C=O) groups is 1. The third kappa shape index (κ3) is 3.08. The normalized spacial score (nSPS) is 33.5. The number of H-pyrrole nitrogens is 1. The molecule has 5 nitrogen and oxygen atoms in total. The molecule has 0 amide bonds. The van der Waals surface area contributed by atoms with Crippen LogP contribution in [0.3, 0.4) is 0 Å². The number of hydrogen-bond acceptors (Lipinski definition) is 4. The van der Waals surface area contributed by atoms with Crippen molar-refractivity contribution in [2.45, 2.75) is 58.1 Å². The number of aldehydes is 1. The van der Waals surface area contributed by atoms with Crippen molar-refractivity contribution in [3.8, 4) is 0 Å². The van der Waals surface area contributed by atoms with Crippen LogP contribution in [0.1, 0.15) is 56.8 Å². The third-order valence-corrected chi connectivity index (χ3v) is 6.45. The van der Waals surface area contributed by atoms with E-state index in [0.29, 0.717) is 23.3 Å². The molecular formula is C22H29N3O2. The van der Waals surface area contributed by atoms with E-state index in [2.05, 4.69) is 34.9 Å². The molecule has 0 saturated heterocycles. The molecule has 2 aliphatic rings. The minimum Gasteiger partial charge on any atom is -0.390 e. The molecule has 5 atom stereocenters. The van der Waals surface area contributed by atoms with Gasteiger partial charge in [0.25, 0.3) is 0 Å². The van der Waals surface area contributed by atoms with E-state index in [9.17, 15) is 9.90 Å². The van der Waals surface area contributed by atoms with E-state index in [1.54, 1.807) is 6.20 Å². The van der Waals surface area contributed by atoms with E-state index in [-0.39, 0.29) is 6.04 Å². The van der Waals surface area contributed by atoms with Crippen molar-refractivity contribution < 1.29 is 9.90 Å². The van der Waals surface area contributed by atoms with Gasteiger partial charge in [-0.3, -0.25) is 4.79 Å². The molecule has 2 bridgehead atoms. The minimum atomic E-state index is -0.533. The van der Waals surface area contributed by atoms with E-state index in [1.807, 2.05) is 25.3 Å². The fourth-order valence-electron chi connectivity index (χ4n) is 5.88. The number of nitrogens with one attached hydrogen (secondary N) is 1. The van der Waals surface area contributed by atoms with Crippen molar-refractivity contribution in [3.05, 3.63) is 36.3 Å². The Hall–Kier alpha value is -2.14. The molecule has 2 saturated carbocycles. The quantitative estimate of drug-likeness (QED) is 0.791. The summed E-state index contributed by atoms with van der Waals surface area (Å²) in [6, 6.07) is 2.25. The second kappa shape index (κ2) is 6.79. The summed E-state index contributed by atoms with van der Waals surface area (Å²) in [4.78, 5) is 21.7. The number of allylic oxidation sites excluding steroid dienone is 1. The van der Waals surface area contributed by atoms with E-state index < -0.39 is 5.60 Å². The lowest BCUT2D eigenvalue weighted by Crippen LogP contribution is -2.56. The zero-order valence-electron chi connectivity index (χ0n) is 16.4. The van der Waals surface area contributed by atoms with Crippen LogP contribution in [0.2, 0.25) is 0 Å². The predicted molar refractivity (Wildman–Crippen MR) is 108 cm³/mol. The Morgan fingerprint density at radius 3 is 2.89 bits per heavy atom. The van der Waals surface area contributed by atoms with Gasteiger partial charge in [0.2, 0.25) is 0 Å². The average Bonchev–Trinajstić information content (AvgIpc) is 3.07. The fourth-order valence-corrected chi connectivity index (χ4v) is 5.88. The van der Waals surface area contributed by atoms with Crippen LogP contribution >= 0.6 is 0 Å². The maximum atomic E-state index is 11.8. The number of rotatable bonds is 4. The van der Waals surface area contributed by atoms with Crippen LogP contribution in [0.5, 0.6) is 0 Å². The monoisotopic (exact) mass is 367 g/mol. The van der Waals surface area contributed by atoms with Gasteiger partial charge in [-0.05, 0) is 56.4 Å². The number of aliphatic hydroxyl groups is 1. The molecule has 2 heterocycles. The van der Waals surface area contributed by atoms with Crippen molar-refractivity contribution in [2.75, 3.05) is 4.90 Å². The van der Waals surface area contributed by atoms with Crippen LogP contribution in [0, 0.1) is 17.8 Å². The molecule has 5 unspecified atom stereocenters. The van der Waals surface area contributed by atoms with Crippen LogP contribution in [0.25, 0.3) is 11.0 Å². The fraction of sp³-hybridized carbons (Fsp3) is 0.545. The van der Waals surface area contributed by atoms with Crippen molar-refractivity contribution >= 4 is 23.0 Å². The first kappa shape index (κ1) is 18.2. The van der Waals surface area contributed by atoms with Gasteiger partial charge in [-0.1, -0.05) is 19.9 Å². The highest BCUT2D eigenvalue weighted by Gasteiger charge is 2.49. The van der Waals surface area contributed by atoms with Gasteiger partial charge in [-0.25, -0.2) is 4.98 Å². The molecule has 27 heavy (non-hydrogen) atoms. The highest BCUT2D eigenvalue weighted by Crippen LogP contribution is 2.50. The molecule has 2 N–H and O–H groups in total. The Balaban J connectivity index is 1.84. The lowest BCUT2D eigenvalue weighted by molar-refractivity contribution is -0.0875. The van der Waals surface area contributed by atoms with Gasteiger partial charge in [-0.15, -0.1) is 0 Å². The zero-order valence-corrected chi connectivity index (χ0v) is 16.4. The molecule has 2 fully saturated rings. The molecule has 5 heteroatoms. The molecule has 2 aromatic rings. The van der Waals surface area contributed by atoms with Crippen molar-refractivity contribution in [1.82, 2.24) is 9.97 Å². The van der Waals surface area contributed by atoms with Crippen LogP contribution in [0.4, 0.5) is 5.69 Å². The molecule has 0 radical (unpaired) electrons. The first-order valence-electron chi connectivity index (χ1n) is 10.0. The third-order valence-electron chi connectivity index (χ3n) is 6.45. The number of carbonyl (C=O) groups excluding carboxylic acids is 1. The Labute approximate surface area is 160 Å². The highest BCUT2D eigenvalue weighted by molar-refractivity contribution is 6.00. The van der Waals surface area contributed by atoms with Gasteiger partial charge < -0.3 is 15.0 Å². The molecular weight excluding hydrogens is 338 g/mol. The first-order valence-corrected chi connectivity index (χ1v) is 10.0. The van der Waals surface area contributed by atoms with Crippen LogP contribution in [-0.2, 0) is 0 Å². The summed E-state index contributed by atoms with van der Waals surface area (Å²) in [5.41, 5.74) is 1.80. The minimum absolute atomic E-state index is 0.253. The number of nitrogens with zero attached hydrogens (tertiary/aromatic N) is 2. The zero-order chi connectivity index (χ0) is 19.2. The topological polar surface area (TPSA) is 69.2 Å². The number of aromatic nitrogens is 2. The average molecular weight is 367 g/mol. The van der Waals surface area contributed by atoms with E-state index in [0.717, 1.165) is 48.7 Å². The predicted octanol–water partition coefficient (Wildman–Crippen LogP) is 4.29. The van der Waals surface area contributed by atoms with E-state index in [4.69, 9.17) is 0 Å². The Morgan fingerprint density at radius 2 is 2.15 bits per heavy atom. The Morgan fingerprint density at radius 1 is 1.33 bits per heavy atom. The highest BCUT2D eigenvalue weighted by atomic mass is 16.3. The summed E-state index contributed by atoms with van der Waals surface area (Å²) in [6.45, 7) is 6.50. The summed E-state index contributed by atoms with van der Waals surface area (Å²) in [6.07, 6.45) is 12.2. The second-order valence-corrected chi connectivity index (χ2v) is 8.72. The van der Waals surface area contributed by atoms with Crippen LogP contribution < -0.4 is 4.90 Å². The van der Waals surface area contributed by atoms with Crippen LogP contribution in [-0.4, -0.2) is 33.0 Å². The lowest BCUT2D eigenvalue weighted by atomic mass is 9.60. The Kier molecular flexibility index (Phi) is 4.58. The number of anilines is 1. The van der Waals surface area contributed by atoms with Crippen molar-refractivity contribution in [2.24, 2.45) is 17.8 Å². The van der Waals surface area contributed by atoms with Gasteiger partial charge in [0.15, 0.2) is 6.29 Å². The number of hydrogen-bond donors (Lipinski definition) is 2. The van der Waals surface area contributed by atoms with Crippen LogP contribution in [0.15, 0.2) is 30.7 Å². The number of pyridine rings is 1. The van der Waals surface area contributed by atoms with E-state index >= 15 is 0 Å². The van der Waals surface area contributed by atoms with Gasteiger partial charge >= 0.3 is 0 Å². The molecule has 0 spiro atoms. The van der Waals surface area contributed by atoms with Crippen molar-refractivity contribution in [3.63, 3.8) is 0 Å². The summed E-state index contributed by atoms with van der Waals surface area (Å²) in [7, 11) is 0. The molecule has 2 aromatic heterocycles. The summed E-state index contributed by atoms with van der Waals surface area (Å²) in [5.74, 6) is 1.26. The largest absolute Gasteiger partial charge is 0.390 e. The van der Waals surface area contributed by atoms with Gasteiger partial charge in [0, 0.05) is 30.0 Å². The molecule has 0 aromatic carbocycles. The second-order valence-electron chi connectivity index (χ2n) is 8.72. The van der Waals surface area contributed by atoms with Gasteiger partial charge in [-0.2, -0.15) is 0 Å². The molecule has 2 aliphatic carbocycles. The van der Waals surface area contributed by atoms with E-state index in [1.165, 1.54) is 0 Å². The summed E-state index contributed by atoms with van der Waals surface area (Å²) in [5, 5.41) is 12.0. The first-order chi connectivity index (χ1) is 13.0. The maximum absolute atomic E-state index is 11.8. The standard InChI is InChI=1S/C22H29N3O2/c1-4-7-25(20-17(13-26)12-24-21-18(20)5-6-23-21)19-15(3)10-22(27)9-14(2)8-16(19)11-22/h4-7,12-16,19,27H,8-11H2,1-3H3,(H,23,24)/b7-4-. The SMILES string of the molecule is C/C=C\N(c1c(C=O)cnc2[nH]ccc12)C1C(C)CC2(O)CC(C)CC1C2. The van der Waals surface area contributed by atoms with Crippen molar-refractivity contribution in [1.29, 1.82) is 0 Å². The Bertz CT molecular complexity index is 870. The maximum Gasteiger partial charge on any atom is 0.153 e. The molecule has 0 aliphatic heterocycles. The lowest BCUT2D eigenvalue weighted by Gasteiger charge is -2.54. The summed E-state index contributed by atoms with van der Waals surface area (Å²) < 4.78 is 0. The number of fused-ring (bicyclic) bond motifs is 3.